The molecule has 1 atom stereocenters. The Labute approximate surface area is 145 Å². The molecule has 1 fully saturated rings. The van der Waals surface area contributed by atoms with Gasteiger partial charge in [0.25, 0.3) is 0 Å². The van der Waals surface area contributed by atoms with Crippen LogP contribution in [0.5, 0.6) is 0 Å². The van der Waals surface area contributed by atoms with Gasteiger partial charge in [0.1, 0.15) is 12.5 Å². The van der Waals surface area contributed by atoms with E-state index in [9.17, 15) is 9.90 Å². The highest BCUT2D eigenvalue weighted by Crippen LogP contribution is 2.40. The molecule has 1 aliphatic rings. The van der Waals surface area contributed by atoms with E-state index >= 15 is 0 Å². The lowest BCUT2D eigenvalue weighted by Crippen LogP contribution is -2.43. The molecule has 4 nitrogen and oxygen atoms in total. The minimum absolute atomic E-state index is 0.294. The van der Waals surface area contributed by atoms with Crippen LogP contribution in [0.3, 0.4) is 0 Å². The van der Waals surface area contributed by atoms with Crippen LogP contribution in [0.25, 0.3) is 0 Å². The van der Waals surface area contributed by atoms with Crippen molar-refractivity contribution in [3.8, 4) is 0 Å². The molecule has 0 amide bonds. The summed E-state index contributed by atoms with van der Waals surface area (Å²) in [4.78, 5) is 15.0. The summed E-state index contributed by atoms with van der Waals surface area (Å²) in [6.07, 6.45) is 4.38. The third-order valence-electron chi connectivity index (χ3n) is 5.17. The lowest BCUT2D eigenvalue weighted by Gasteiger charge is -2.38. The summed E-state index contributed by atoms with van der Waals surface area (Å²) in [5.74, 6) is -0.881. The van der Waals surface area contributed by atoms with Crippen LogP contribution < -0.4 is 0 Å². The number of carbonyl (C=O) groups is 1. The van der Waals surface area contributed by atoms with Crippen LogP contribution in [0.1, 0.15) is 57.4 Å². The molecule has 0 radical (unpaired) electrons. The second-order valence-electron chi connectivity index (χ2n) is 6.70. The maximum absolute atomic E-state index is 12.8. The molecule has 1 N–H and O–H groups in total. The van der Waals surface area contributed by atoms with Crippen LogP contribution in [0, 0.1) is 0 Å². The Bertz CT molecular complexity index is 493. The lowest BCUT2D eigenvalue weighted by atomic mass is 9.73. The van der Waals surface area contributed by atoms with Gasteiger partial charge in [-0.1, -0.05) is 63.4 Å². The van der Waals surface area contributed by atoms with Gasteiger partial charge in [-0.25, -0.2) is 0 Å². The molecule has 0 heterocycles. The number of nitrogens with zero attached hydrogens (tertiary/aromatic N) is 1. The van der Waals surface area contributed by atoms with Crippen molar-refractivity contribution in [2.75, 3.05) is 26.2 Å². The predicted molar refractivity (Wildman–Crippen MR) is 96.0 cm³/mol. The average molecular weight is 333 g/mol. The van der Waals surface area contributed by atoms with Crippen molar-refractivity contribution in [3.05, 3.63) is 35.9 Å². The largest absolute Gasteiger partial charge is 0.464 e. The van der Waals surface area contributed by atoms with Crippen LogP contribution in [0.15, 0.2) is 30.3 Å². The second-order valence-corrected chi connectivity index (χ2v) is 6.70. The highest BCUT2D eigenvalue weighted by Gasteiger charge is 2.44. The summed E-state index contributed by atoms with van der Waals surface area (Å²) < 4.78 is 5.57. The van der Waals surface area contributed by atoms with Crippen molar-refractivity contribution < 1.29 is 14.6 Å². The number of rotatable bonds is 8. The average Bonchev–Trinajstić information content (AvgIpc) is 2.60. The molecule has 24 heavy (non-hydrogen) atoms. The summed E-state index contributed by atoms with van der Waals surface area (Å²) in [5, 5.41) is 11.1. The zero-order valence-electron chi connectivity index (χ0n) is 15.0. The first-order valence-electron chi connectivity index (χ1n) is 9.27. The minimum Gasteiger partial charge on any atom is -0.464 e. The van der Waals surface area contributed by atoms with Crippen LogP contribution in [0.4, 0.5) is 0 Å². The molecule has 0 spiro atoms. The maximum atomic E-state index is 12.8. The number of ether oxygens (including phenoxy) is 1. The SMILES string of the molecule is CCN(CC)CCOC(=O)[C@@H](c1ccccc1)C1(O)CCCCC1. The van der Waals surface area contributed by atoms with E-state index in [-0.39, 0.29) is 5.97 Å². The third-order valence-corrected chi connectivity index (χ3v) is 5.17. The van der Waals surface area contributed by atoms with Gasteiger partial charge >= 0.3 is 5.97 Å². The highest BCUT2D eigenvalue weighted by atomic mass is 16.5. The van der Waals surface area contributed by atoms with Crippen molar-refractivity contribution in [1.29, 1.82) is 0 Å². The topological polar surface area (TPSA) is 49.8 Å². The van der Waals surface area contributed by atoms with Gasteiger partial charge in [0.2, 0.25) is 0 Å². The highest BCUT2D eigenvalue weighted by molar-refractivity contribution is 5.80. The number of carbonyl (C=O) groups excluding carboxylic acids is 1. The van der Waals surface area contributed by atoms with E-state index in [4.69, 9.17) is 4.74 Å². The van der Waals surface area contributed by atoms with Crippen molar-refractivity contribution in [2.45, 2.75) is 57.5 Å². The van der Waals surface area contributed by atoms with E-state index < -0.39 is 11.5 Å². The fraction of sp³-hybridized carbons (Fsp3) is 0.650. The van der Waals surface area contributed by atoms with E-state index in [1.807, 2.05) is 30.3 Å². The van der Waals surface area contributed by atoms with E-state index in [0.717, 1.165) is 44.5 Å². The summed E-state index contributed by atoms with van der Waals surface area (Å²) in [6, 6.07) is 9.60. The number of aliphatic hydroxyl groups is 1. The number of esters is 1. The van der Waals surface area contributed by atoms with Crippen molar-refractivity contribution in [3.63, 3.8) is 0 Å². The summed E-state index contributed by atoms with van der Waals surface area (Å²) in [5.41, 5.74) is -0.124. The molecule has 1 aliphatic carbocycles. The Kier molecular flexibility index (Phi) is 7.25. The second kappa shape index (κ2) is 9.19. The van der Waals surface area contributed by atoms with Crippen molar-refractivity contribution >= 4 is 5.97 Å². The number of hydrogen-bond acceptors (Lipinski definition) is 4. The van der Waals surface area contributed by atoms with Gasteiger partial charge in [-0.05, 0) is 31.5 Å². The smallest absolute Gasteiger partial charge is 0.316 e. The first kappa shape index (κ1) is 18.9. The molecule has 0 aliphatic heterocycles. The third kappa shape index (κ3) is 4.81. The van der Waals surface area contributed by atoms with Gasteiger partial charge in [-0.2, -0.15) is 0 Å². The van der Waals surface area contributed by atoms with Gasteiger partial charge in [-0.15, -0.1) is 0 Å². The molecule has 4 heteroatoms. The standard InChI is InChI=1S/C20H31NO3/c1-3-21(4-2)15-16-24-19(22)18(17-11-7-5-8-12-17)20(23)13-9-6-10-14-20/h5,7-8,11-12,18,23H,3-4,6,9-10,13-16H2,1-2H3/t18-/m1/s1. The predicted octanol–water partition coefficient (Wildman–Crippen LogP) is 3.35. The molecular weight excluding hydrogens is 302 g/mol. The Morgan fingerprint density at radius 2 is 1.79 bits per heavy atom. The van der Waals surface area contributed by atoms with Gasteiger partial charge in [-0.3, -0.25) is 4.79 Å². The number of benzene rings is 1. The molecule has 134 valence electrons. The molecule has 1 aromatic carbocycles. The van der Waals surface area contributed by atoms with E-state index in [0.29, 0.717) is 19.4 Å². The number of hydrogen-bond donors (Lipinski definition) is 1. The fourth-order valence-electron chi connectivity index (χ4n) is 3.66. The summed E-state index contributed by atoms with van der Waals surface area (Å²) in [7, 11) is 0. The minimum atomic E-state index is -0.980. The zero-order chi connectivity index (χ0) is 17.4. The lowest BCUT2D eigenvalue weighted by molar-refractivity contribution is -0.155. The first-order valence-corrected chi connectivity index (χ1v) is 9.27. The summed E-state index contributed by atoms with van der Waals surface area (Å²) >= 11 is 0. The van der Waals surface area contributed by atoms with Crippen LogP contribution in [0.2, 0.25) is 0 Å². The van der Waals surface area contributed by atoms with Gasteiger partial charge in [0.15, 0.2) is 0 Å². The first-order chi connectivity index (χ1) is 11.6. The van der Waals surface area contributed by atoms with Gasteiger partial charge in [0, 0.05) is 6.54 Å². The maximum Gasteiger partial charge on any atom is 0.316 e. The van der Waals surface area contributed by atoms with E-state index in [1.165, 1.54) is 0 Å². The Balaban J connectivity index is 2.09. The Morgan fingerprint density at radius 1 is 1.17 bits per heavy atom. The Hall–Kier alpha value is -1.39. The molecule has 1 saturated carbocycles. The fourth-order valence-corrected chi connectivity index (χ4v) is 3.66. The van der Waals surface area contributed by atoms with Crippen molar-refractivity contribution in [2.24, 2.45) is 0 Å². The van der Waals surface area contributed by atoms with Crippen LogP contribution in [-0.4, -0.2) is 47.8 Å². The zero-order valence-corrected chi connectivity index (χ0v) is 15.0. The molecule has 0 unspecified atom stereocenters. The molecule has 2 rings (SSSR count). The quantitative estimate of drug-likeness (QED) is 0.741. The van der Waals surface area contributed by atoms with Gasteiger partial charge in [0.05, 0.1) is 5.60 Å². The summed E-state index contributed by atoms with van der Waals surface area (Å²) in [6.45, 7) is 7.20. The molecule has 0 saturated heterocycles. The van der Waals surface area contributed by atoms with Crippen LogP contribution in [-0.2, 0) is 9.53 Å². The van der Waals surface area contributed by atoms with E-state index in [1.54, 1.807) is 0 Å². The molecule has 0 aromatic heterocycles. The molecule has 0 bridgehead atoms. The molecular formula is C20H31NO3. The van der Waals surface area contributed by atoms with Gasteiger partial charge < -0.3 is 14.7 Å². The normalized spacial score (nSPS) is 18.3. The Morgan fingerprint density at radius 3 is 2.38 bits per heavy atom. The number of likely N-dealkylation sites (N-methyl/N-ethyl adjacent to an activating group) is 1. The molecule has 1 aromatic rings. The van der Waals surface area contributed by atoms with Crippen LogP contribution >= 0.6 is 0 Å². The monoisotopic (exact) mass is 333 g/mol. The van der Waals surface area contributed by atoms with E-state index in [2.05, 4.69) is 18.7 Å². The van der Waals surface area contributed by atoms with Crippen molar-refractivity contribution in [1.82, 2.24) is 4.90 Å².